The van der Waals surface area contributed by atoms with E-state index < -0.39 is 0 Å². The molecule has 22 heavy (non-hydrogen) atoms. The van der Waals surface area contributed by atoms with E-state index in [0.29, 0.717) is 18.7 Å². The summed E-state index contributed by atoms with van der Waals surface area (Å²) in [4.78, 5) is 11.0. The highest BCUT2D eigenvalue weighted by molar-refractivity contribution is 5.92. The zero-order valence-corrected chi connectivity index (χ0v) is 13.7. The Labute approximate surface area is 131 Å². The van der Waals surface area contributed by atoms with Crippen LogP contribution in [0.1, 0.15) is 25.0 Å². The SMILES string of the molecule is CCOC(=O)C1=CC=CNC1.CCOc1c2cc(C)c-2c1C. The smallest absolute Gasteiger partial charge is 0.335 e. The van der Waals surface area contributed by atoms with Crippen LogP contribution < -0.4 is 10.1 Å². The molecule has 4 heteroatoms. The number of allylic oxidation sites excluding steroid dienone is 2. The molecule has 118 valence electrons. The second-order valence-electron chi connectivity index (χ2n) is 5.16. The van der Waals surface area contributed by atoms with Gasteiger partial charge < -0.3 is 14.8 Å². The van der Waals surface area contributed by atoms with Crippen molar-refractivity contribution in [2.24, 2.45) is 0 Å². The molecule has 0 radical (unpaired) electrons. The molecule has 0 spiro atoms. The summed E-state index contributed by atoms with van der Waals surface area (Å²) in [7, 11) is 0. The average molecular weight is 301 g/mol. The lowest BCUT2D eigenvalue weighted by Crippen LogP contribution is -2.20. The van der Waals surface area contributed by atoms with Gasteiger partial charge in [-0.15, -0.1) is 0 Å². The molecule has 1 heterocycles. The number of rotatable bonds is 4. The highest BCUT2D eigenvalue weighted by Gasteiger charge is 2.27. The van der Waals surface area contributed by atoms with Gasteiger partial charge in [-0.3, -0.25) is 0 Å². The highest BCUT2D eigenvalue weighted by Crippen LogP contribution is 2.51. The number of aryl methyl sites for hydroxylation is 1. The summed E-state index contributed by atoms with van der Waals surface area (Å²) in [6.07, 6.45) is 5.34. The van der Waals surface area contributed by atoms with Gasteiger partial charge in [0.1, 0.15) is 5.75 Å². The lowest BCUT2D eigenvalue weighted by molar-refractivity contribution is -0.138. The first-order valence-electron chi connectivity index (χ1n) is 7.63. The van der Waals surface area contributed by atoms with Crippen molar-refractivity contribution >= 4 is 5.97 Å². The summed E-state index contributed by atoms with van der Waals surface area (Å²) >= 11 is 0. The van der Waals surface area contributed by atoms with Gasteiger partial charge in [0.05, 0.1) is 18.8 Å². The maximum absolute atomic E-state index is 11.0. The summed E-state index contributed by atoms with van der Waals surface area (Å²) in [6.45, 7) is 9.86. The van der Waals surface area contributed by atoms with E-state index in [-0.39, 0.29) is 5.97 Å². The highest BCUT2D eigenvalue weighted by atomic mass is 16.5. The molecular formula is C18H23NO3. The van der Waals surface area contributed by atoms with E-state index in [1.807, 2.05) is 6.92 Å². The van der Waals surface area contributed by atoms with Crippen LogP contribution in [0.25, 0.3) is 11.1 Å². The second-order valence-corrected chi connectivity index (χ2v) is 5.16. The Morgan fingerprint density at radius 1 is 1.27 bits per heavy atom. The van der Waals surface area contributed by atoms with Crippen molar-refractivity contribution in [3.8, 4) is 16.9 Å². The molecule has 0 aromatic carbocycles. The Kier molecular flexibility index (Phi) is 5.26. The van der Waals surface area contributed by atoms with Gasteiger partial charge in [0.2, 0.25) is 0 Å². The van der Waals surface area contributed by atoms with E-state index in [1.165, 1.54) is 22.3 Å². The van der Waals surface area contributed by atoms with Crippen molar-refractivity contribution in [3.63, 3.8) is 0 Å². The van der Waals surface area contributed by atoms with Crippen LogP contribution in [0.4, 0.5) is 0 Å². The fraction of sp³-hybridized carbons (Fsp3) is 0.389. The molecule has 4 nitrogen and oxygen atoms in total. The number of fused-ring (bicyclic) bond motifs is 1. The topological polar surface area (TPSA) is 47.6 Å². The lowest BCUT2D eigenvalue weighted by atomic mass is 9.80. The predicted molar refractivity (Wildman–Crippen MR) is 87.9 cm³/mol. The number of benzene rings is 1. The van der Waals surface area contributed by atoms with Gasteiger partial charge in [-0.2, -0.15) is 0 Å². The van der Waals surface area contributed by atoms with Crippen molar-refractivity contribution in [1.29, 1.82) is 0 Å². The van der Waals surface area contributed by atoms with Crippen LogP contribution in [0.15, 0.2) is 30.0 Å². The van der Waals surface area contributed by atoms with E-state index >= 15 is 0 Å². The first-order valence-corrected chi connectivity index (χ1v) is 7.63. The van der Waals surface area contributed by atoms with E-state index in [0.717, 1.165) is 12.4 Å². The summed E-state index contributed by atoms with van der Waals surface area (Å²) in [5.41, 5.74) is 6.19. The average Bonchev–Trinajstić information content (AvgIpc) is 2.52. The van der Waals surface area contributed by atoms with Gasteiger partial charge in [-0.1, -0.05) is 0 Å². The number of hydrogen-bond acceptors (Lipinski definition) is 4. The Bertz CT molecular complexity index is 630. The van der Waals surface area contributed by atoms with Gasteiger partial charge in [-0.05, 0) is 68.8 Å². The van der Waals surface area contributed by atoms with Gasteiger partial charge in [-0.25, -0.2) is 4.79 Å². The third kappa shape index (κ3) is 3.16. The van der Waals surface area contributed by atoms with Crippen molar-refractivity contribution in [2.75, 3.05) is 19.8 Å². The first-order chi connectivity index (χ1) is 10.6. The number of ether oxygens (including phenoxy) is 2. The molecule has 0 atom stereocenters. The van der Waals surface area contributed by atoms with Crippen molar-refractivity contribution < 1.29 is 14.3 Å². The Morgan fingerprint density at radius 2 is 2.05 bits per heavy atom. The zero-order chi connectivity index (χ0) is 16.1. The van der Waals surface area contributed by atoms with Crippen LogP contribution in [-0.2, 0) is 9.53 Å². The molecule has 2 aliphatic carbocycles. The van der Waals surface area contributed by atoms with Gasteiger partial charge in [0.25, 0.3) is 0 Å². The molecule has 0 unspecified atom stereocenters. The van der Waals surface area contributed by atoms with Crippen molar-refractivity contribution in [3.05, 3.63) is 41.1 Å². The molecular weight excluding hydrogens is 278 g/mol. The monoisotopic (exact) mass is 301 g/mol. The number of nitrogens with one attached hydrogen (secondary N) is 1. The molecule has 0 aromatic rings. The van der Waals surface area contributed by atoms with Crippen molar-refractivity contribution in [2.45, 2.75) is 27.7 Å². The number of hydrogen-bond donors (Lipinski definition) is 1. The van der Waals surface area contributed by atoms with Crippen LogP contribution in [0.5, 0.6) is 5.75 Å². The van der Waals surface area contributed by atoms with E-state index in [2.05, 4.69) is 25.2 Å². The fourth-order valence-electron chi connectivity index (χ4n) is 2.58. The normalized spacial score (nSPS) is 13.4. The lowest BCUT2D eigenvalue weighted by Gasteiger charge is -2.28. The minimum atomic E-state index is -0.232. The Hall–Kier alpha value is -2.23. The largest absolute Gasteiger partial charge is 0.493 e. The summed E-state index contributed by atoms with van der Waals surface area (Å²) < 4.78 is 10.2. The molecule has 3 aliphatic rings. The van der Waals surface area contributed by atoms with Crippen LogP contribution in [0.2, 0.25) is 0 Å². The maximum atomic E-state index is 11.0. The Balaban J connectivity index is 0.000000160. The zero-order valence-electron chi connectivity index (χ0n) is 13.7. The standard InChI is InChI=1S/C10H12O.C8H11NO2/c1-4-11-10-7(3)9-6(2)5-8(9)10;1-2-11-8(10)7-4-3-5-9-6-7/h5H,4H2,1-3H3;3-5,9H,2,6H2,1H3. The molecule has 0 fully saturated rings. The Morgan fingerprint density at radius 3 is 2.55 bits per heavy atom. The quantitative estimate of drug-likeness (QED) is 0.880. The van der Waals surface area contributed by atoms with Crippen LogP contribution in [0, 0.1) is 13.8 Å². The van der Waals surface area contributed by atoms with Crippen LogP contribution >= 0.6 is 0 Å². The molecule has 0 amide bonds. The van der Waals surface area contributed by atoms with Gasteiger partial charge in [0, 0.05) is 12.1 Å². The third-order valence-electron chi connectivity index (χ3n) is 3.62. The molecule has 0 saturated carbocycles. The second kappa shape index (κ2) is 7.16. The van der Waals surface area contributed by atoms with Crippen molar-refractivity contribution in [1.82, 2.24) is 5.32 Å². The molecule has 3 rings (SSSR count). The predicted octanol–water partition coefficient (Wildman–Crippen LogP) is 3.28. The van der Waals surface area contributed by atoms with Gasteiger partial charge in [0.15, 0.2) is 0 Å². The minimum absolute atomic E-state index is 0.232. The number of dihydropyridines is 1. The van der Waals surface area contributed by atoms with E-state index in [4.69, 9.17) is 9.47 Å². The first kappa shape index (κ1) is 16.1. The van der Waals surface area contributed by atoms with Crippen LogP contribution in [0.3, 0.4) is 0 Å². The summed E-state index contributed by atoms with van der Waals surface area (Å²) in [5.74, 6) is 0.887. The molecule has 1 N–H and O–H groups in total. The summed E-state index contributed by atoms with van der Waals surface area (Å²) in [6, 6.07) is 2.19. The number of carbonyl (C=O) groups excluding carboxylic acids is 1. The number of esters is 1. The molecule has 0 bridgehead atoms. The summed E-state index contributed by atoms with van der Waals surface area (Å²) in [5, 5.41) is 2.92. The minimum Gasteiger partial charge on any atom is -0.493 e. The van der Waals surface area contributed by atoms with Gasteiger partial charge >= 0.3 is 5.97 Å². The molecule has 0 saturated heterocycles. The van der Waals surface area contributed by atoms with E-state index in [9.17, 15) is 4.79 Å². The molecule has 1 aliphatic heterocycles. The van der Waals surface area contributed by atoms with Crippen LogP contribution in [-0.4, -0.2) is 25.7 Å². The number of carbonyl (C=O) groups is 1. The third-order valence-corrected chi connectivity index (χ3v) is 3.62. The fourth-order valence-corrected chi connectivity index (χ4v) is 2.58. The molecule has 0 aromatic heterocycles. The maximum Gasteiger partial charge on any atom is 0.335 e. The van der Waals surface area contributed by atoms with E-state index in [1.54, 1.807) is 25.3 Å².